The topological polar surface area (TPSA) is 61.6 Å². The molecule has 1 fully saturated rings. The van der Waals surface area contributed by atoms with Crippen LogP contribution in [0.2, 0.25) is 0 Å². The molecule has 1 rings (SSSR count). The predicted octanol–water partition coefficient (Wildman–Crippen LogP) is 2.31. The Morgan fingerprint density at radius 2 is 1.89 bits per heavy atom. The molecular weight excluding hydrogens is 230 g/mol. The maximum absolute atomic E-state index is 10.6. The molecule has 1 saturated heterocycles. The van der Waals surface area contributed by atoms with Gasteiger partial charge in [-0.3, -0.25) is 4.79 Å². The van der Waals surface area contributed by atoms with E-state index in [-0.39, 0.29) is 18.3 Å². The molecule has 5 atom stereocenters. The molecule has 1 amide bonds. The first-order valence-corrected chi connectivity index (χ1v) is 7.02. The Bertz CT molecular complexity index is 268. The van der Waals surface area contributed by atoms with Crippen molar-refractivity contribution < 1.29 is 14.3 Å². The number of ether oxygens (including phenoxy) is 2. The minimum absolute atomic E-state index is 0.144. The molecule has 0 aromatic heterocycles. The van der Waals surface area contributed by atoms with Gasteiger partial charge in [-0.05, 0) is 24.7 Å². The van der Waals surface area contributed by atoms with Crippen molar-refractivity contribution in [3.05, 3.63) is 0 Å². The van der Waals surface area contributed by atoms with Crippen LogP contribution in [-0.4, -0.2) is 24.9 Å². The summed E-state index contributed by atoms with van der Waals surface area (Å²) < 4.78 is 11.8. The summed E-state index contributed by atoms with van der Waals surface area (Å²) in [6, 6.07) is 0. The van der Waals surface area contributed by atoms with Crippen molar-refractivity contribution in [3.63, 3.8) is 0 Å². The first-order chi connectivity index (χ1) is 8.47. The zero-order chi connectivity index (χ0) is 13.7. The summed E-state index contributed by atoms with van der Waals surface area (Å²) >= 11 is 0. The highest BCUT2D eigenvalue weighted by Gasteiger charge is 2.38. The third kappa shape index (κ3) is 3.95. The molecule has 1 heterocycles. The van der Waals surface area contributed by atoms with Gasteiger partial charge in [-0.1, -0.05) is 27.7 Å². The molecule has 3 unspecified atom stereocenters. The van der Waals surface area contributed by atoms with Gasteiger partial charge in [0.1, 0.15) is 0 Å². The molecular formula is C14H27NO3. The molecule has 0 aromatic carbocycles. The molecule has 0 spiro atoms. The minimum atomic E-state index is -0.273. The first-order valence-electron chi connectivity index (χ1n) is 7.02. The molecule has 0 radical (unpaired) electrons. The number of carbonyl (C=O) groups excluding carboxylic acids is 1. The van der Waals surface area contributed by atoms with Crippen molar-refractivity contribution in [2.24, 2.45) is 23.5 Å². The van der Waals surface area contributed by atoms with Crippen molar-refractivity contribution >= 4 is 5.91 Å². The minimum Gasteiger partial charge on any atom is -0.370 e. The smallest absolute Gasteiger partial charge is 0.217 e. The SMILES string of the molecule is CCC1OC(OCCCC(N)=O)[C@H](C)[C@@H](C)C1C. The van der Waals surface area contributed by atoms with Crippen LogP contribution in [0.15, 0.2) is 0 Å². The third-order valence-electron chi connectivity index (χ3n) is 4.24. The van der Waals surface area contributed by atoms with Crippen molar-refractivity contribution in [1.82, 2.24) is 0 Å². The number of rotatable bonds is 6. The Balaban J connectivity index is 2.41. The summed E-state index contributed by atoms with van der Waals surface area (Å²) in [4.78, 5) is 10.6. The van der Waals surface area contributed by atoms with E-state index in [0.717, 1.165) is 6.42 Å². The van der Waals surface area contributed by atoms with Crippen LogP contribution >= 0.6 is 0 Å². The Morgan fingerprint density at radius 1 is 1.22 bits per heavy atom. The van der Waals surface area contributed by atoms with E-state index in [1.807, 2.05) is 0 Å². The van der Waals surface area contributed by atoms with E-state index in [0.29, 0.717) is 37.2 Å². The largest absolute Gasteiger partial charge is 0.370 e. The Kier molecular flexibility index (Phi) is 6.09. The van der Waals surface area contributed by atoms with Crippen LogP contribution in [0.1, 0.15) is 47.0 Å². The number of primary amides is 1. The predicted molar refractivity (Wildman–Crippen MR) is 70.8 cm³/mol. The molecule has 18 heavy (non-hydrogen) atoms. The summed E-state index contributed by atoms with van der Waals surface area (Å²) in [5, 5.41) is 0. The molecule has 0 aromatic rings. The van der Waals surface area contributed by atoms with E-state index in [2.05, 4.69) is 27.7 Å². The number of hydrogen-bond donors (Lipinski definition) is 1. The van der Waals surface area contributed by atoms with Crippen molar-refractivity contribution in [2.45, 2.75) is 59.4 Å². The van der Waals surface area contributed by atoms with E-state index >= 15 is 0 Å². The van der Waals surface area contributed by atoms with Gasteiger partial charge in [-0.25, -0.2) is 0 Å². The number of amides is 1. The van der Waals surface area contributed by atoms with Crippen LogP contribution < -0.4 is 5.73 Å². The van der Waals surface area contributed by atoms with Gasteiger partial charge in [0, 0.05) is 12.3 Å². The van der Waals surface area contributed by atoms with Crippen LogP contribution in [-0.2, 0) is 14.3 Å². The maximum atomic E-state index is 10.6. The van der Waals surface area contributed by atoms with E-state index < -0.39 is 0 Å². The fraction of sp³-hybridized carbons (Fsp3) is 0.929. The number of carbonyl (C=O) groups is 1. The van der Waals surface area contributed by atoms with Gasteiger partial charge < -0.3 is 15.2 Å². The molecule has 4 heteroatoms. The first kappa shape index (κ1) is 15.4. The molecule has 2 N–H and O–H groups in total. The van der Waals surface area contributed by atoms with Gasteiger partial charge in [0.05, 0.1) is 12.7 Å². The Hall–Kier alpha value is -0.610. The van der Waals surface area contributed by atoms with Gasteiger partial charge in [0.2, 0.25) is 5.91 Å². The number of hydrogen-bond acceptors (Lipinski definition) is 3. The summed E-state index contributed by atoms with van der Waals surface area (Å²) in [6.07, 6.45) is 2.19. The highest BCUT2D eigenvalue weighted by atomic mass is 16.7. The zero-order valence-electron chi connectivity index (χ0n) is 12.0. The van der Waals surface area contributed by atoms with Gasteiger partial charge >= 0.3 is 0 Å². The molecule has 1 aliphatic heterocycles. The fourth-order valence-electron chi connectivity index (χ4n) is 2.59. The molecule has 1 aliphatic rings. The normalized spacial score (nSPS) is 36.6. The third-order valence-corrected chi connectivity index (χ3v) is 4.24. The fourth-order valence-corrected chi connectivity index (χ4v) is 2.59. The summed E-state index contributed by atoms with van der Waals surface area (Å²) in [5.41, 5.74) is 5.10. The highest BCUT2D eigenvalue weighted by molar-refractivity contribution is 5.73. The number of nitrogens with two attached hydrogens (primary N) is 1. The average Bonchev–Trinajstić information content (AvgIpc) is 2.34. The monoisotopic (exact) mass is 257 g/mol. The van der Waals surface area contributed by atoms with E-state index in [1.54, 1.807) is 0 Å². The lowest BCUT2D eigenvalue weighted by atomic mass is 9.78. The van der Waals surface area contributed by atoms with Crippen LogP contribution in [0, 0.1) is 17.8 Å². The molecule has 4 nitrogen and oxygen atoms in total. The second kappa shape index (κ2) is 7.10. The summed E-state index contributed by atoms with van der Waals surface area (Å²) in [7, 11) is 0. The second-order valence-electron chi connectivity index (χ2n) is 5.47. The maximum Gasteiger partial charge on any atom is 0.217 e. The van der Waals surface area contributed by atoms with E-state index in [9.17, 15) is 4.79 Å². The summed E-state index contributed by atoms with van der Waals surface area (Å²) in [5.74, 6) is 1.27. The van der Waals surface area contributed by atoms with Gasteiger partial charge in [0.15, 0.2) is 6.29 Å². The van der Waals surface area contributed by atoms with Crippen LogP contribution in [0.3, 0.4) is 0 Å². The van der Waals surface area contributed by atoms with Crippen LogP contribution in [0.5, 0.6) is 0 Å². The molecule has 0 bridgehead atoms. The lowest BCUT2D eigenvalue weighted by Gasteiger charge is -2.43. The van der Waals surface area contributed by atoms with E-state index in [4.69, 9.17) is 15.2 Å². The van der Waals surface area contributed by atoms with Crippen molar-refractivity contribution in [2.75, 3.05) is 6.61 Å². The van der Waals surface area contributed by atoms with Crippen LogP contribution in [0.25, 0.3) is 0 Å². The van der Waals surface area contributed by atoms with Crippen molar-refractivity contribution in [1.29, 1.82) is 0 Å². The molecule has 106 valence electrons. The Morgan fingerprint density at radius 3 is 2.44 bits per heavy atom. The van der Waals surface area contributed by atoms with Gasteiger partial charge in [0.25, 0.3) is 0 Å². The van der Waals surface area contributed by atoms with Gasteiger partial charge in [-0.15, -0.1) is 0 Å². The standard InChI is InChI=1S/C14H27NO3/c1-5-12-10(3)9(2)11(4)14(18-12)17-8-6-7-13(15)16/h9-12,14H,5-8H2,1-4H3,(H2,15,16)/t9-,10?,11+,12?,14?/m0/s1. The zero-order valence-corrected chi connectivity index (χ0v) is 12.0. The Labute approximate surface area is 110 Å². The van der Waals surface area contributed by atoms with Crippen LogP contribution in [0.4, 0.5) is 0 Å². The lowest BCUT2D eigenvalue weighted by molar-refractivity contribution is -0.248. The lowest BCUT2D eigenvalue weighted by Crippen LogP contribution is -2.45. The van der Waals surface area contributed by atoms with Gasteiger partial charge in [-0.2, -0.15) is 0 Å². The molecule has 0 aliphatic carbocycles. The second-order valence-corrected chi connectivity index (χ2v) is 5.47. The molecule has 0 saturated carbocycles. The van der Waals surface area contributed by atoms with Crippen molar-refractivity contribution in [3.8, 4) is 0 Å². The quantitative estimate of drug-likeness (QED) is 0.743. The van der Waals surface area contributed by atoms with E-state index in [1.165, 1.54) is 0 Å². The highest BCUT2D eigenvalue weighted by Crippen LogP contribution is 2.36. The summed E-state index contributed by atoms with van der Waals surface area (Å²) in [6.45, 7) is 9.37. The average molecular weight is 257 g/mol.